The Bertz CT molecular complexity index is 531. The molecule has 1 unspecified atom stereocenters. The lowest BCUT2D eigenvalue weighted by Crippen LogP contribution is -2.58. The number of halogens is 1. The third-order valence-corrected chi connectivity index (χ3v) is 3.79. The number of carboxylic acids is 1. The SMILES string of the molecule is COC(=O)C1(C(=O)O)Cc2cc(Br)ccc2N1C. The summed E-state index contributed by atoms with van der Waals surface area (Å²) in [5.74, 6) is -1.96. The summed E-state index contributed by atoms with van der Waals surface area (Å²) in [6.45, 7) is 0. The Hall–Kier alpha value is -1.56. The maximum atomic E-state index is 11.9. The first kappa shape index (κ1) is 12.9. The molecule has 0 aliphatic carbocycles. The van der Waals surface area contributed by atoms with Gasteiger partial charge in [0, 0.05) is 23.6 Å². The zero-order valence-corrected chi connectivity index (χ0v) is 11.5. The highest BCUT2D eigenvalue weighted by atomic mass is 79.9. The van der Waals surface area contributed by atoms with Crippen LogP contribution in [0.15, 0.2) is 22.7 Å². The van der Waals surface area contributed by atoms with E-state index in [1.54, 1.807) is 13.1 Å². The topological polar surface area (TPSA) is 66.8 Å². The number of fused-ring (bicyclic) bond motifs is 1. The average Bonchev–Trinajstić information content (AvgIpc) is 2.62. The molecule has 0 saturated carbocycles. The number of methoxy groups -OCH3 is 1. The number of carbonyl (C=O) groups excluding carboxylic acids is 1. The Kier molecular flexibility index (Phi) is 3.06. The van der Waals surface area contributed by atoms with Gasteiger partial charge in [0.1, 0.15) is 0 Å². The minimum Gasteiger partial charge on any atom is -0.479 e. The molecule has 6 heteroatoms. The summed E-state index contributed by atoms with van der Waals surface area (Å²) in [4.78, 5) is 24.9. The molecule has 96 valence electrons. The van der Waals surface area contributed by atoms with E-state index in [-0.39, 0.29) is 6.42 Å². The maximum Gasteiger partial charge on any atom is 0.343 e. The molecule has 1 heterocycles. The van der Waals surface area contributed by atoms with Crippen molar-refractivity contribution in [3.05, 3.63) is 28.2 Å². The number of likely N-dealkylation sites (N-methyl/N-ethyl adjacent to an activating group) is 1. The second-order valence-electron chi connectivity index (χ2n) is 4.17. The van der Waals surface area contributed by atoms with E-state index in [1.807, 2.05) is 12.1 Å². The standard InChI is InChI=1S/C12H12BrNO4/c1-14-9-4-3-8(13)5-7(9)6-12(14,10(15)16)11(17)18-2/h3-5H,6H2,1-2H3,(H,15,16). The van der Waals surface area contributed by atoms with Gasteiger partial charge < -0.3 is 14.7 Å². The van der Waals surface area contributed by atoms with Crippen molar-refractivity contribution in [1.82, 2.24) is 0 Å². The number of aliphatic carboxylic acids is 1. The molecule has 18 heavy (non-hydrogen) atoms. The molecule has 0 amide bonds. The van der Waals surface area contributed by atoms with E-state index in [4.69, 9.17) is 0 Å². The Balaban J connectivity index is 2.56. The number of carbonyl (C=O) groups is 2. The van der Waals surface area contributed by atoms with E-state index in [2.05, 4.69) is 20.7 Å². The molecule has 0 fully saturated rings. The van der Waals surface area contributed by atoms with Crippen molar-refractivity contribution in [3.63, 3.8) is 0 Å². The van der Waals surface area contributed by atoms with Crippen LogP contribution < -0.4 is 4.90 Å². The highest BCUT2D eigenvalue weighted by Gasteiger charge is 2.55. The van der Waals surface area contributed by atoms with Crippen LogP contribution in [0.4, 0.5) is 5.69 Å². The number of anilines is 1. The fourth-order valence-corrected chi connectivity index (χ4v) is 2.72. The minimum absolute atomic E-state index is 0.0975. The summed E-state index contributed by atoms with van der Waals surface area (Å²) in [6, 6.07) is 5.41. The van der Waals surface area contributed by atoms with Gasteiger partial charge in [0.2, 0.25) is 5.54 Å². The highest BCUT2D eigenvalue weighted by molar-refractivity contribution is 9.10. The first-order valence-electron chi connectivity index (χ1n) is 5.27. The Labute approximate surface area is 112 Å². The quantitative estimate of drug-likeness (QED) is 0.661. The van der Waals surface area contributed by atoms with Crippen LogP contribution in [0.5, 0.6) is 0 Å². The number of esters is 1. The maximum absolute atomic E-state index is 11.9. The molecule has 1 aromatic rings. The van der Waals surface area contributed by atoms with Gasteiger partial charge >= 0.3 is 11.9 Å². The van der Waals surface area contributed by atoms with E-state index in [9.17, 15) is 14.7 Å². The van der Waals surface area contributed by atoms with Crippen molar-refractivity contribution >= 4 is 33.6 Å². The number of hydrogen-bond acceptors (Lipinski definition) is 4. The molecule has 1 aliphatic heterocycles. The van der Waals surface area contributed by atoms with Gasteiger partial charge in [0.15, 0.2) is 0 Å². The zero-order chi connectivity index (χ0) is 13.5. The lowest BCUT2D eigenvalue weighted by Gasteiger charge is -2.30. The summed E-state index contributed by atoms with van der Waals surface area (Å²) in [5, 5.41) is 9.42. The van der Waals surface area contributed by atoms with E-state index < -0.39 is 17.5 Å². The van der Waals surface area contributed by atoms with Gasteiger partial charge in [-0.15, -0.1) is 0 Å². The van der Waals surface area contributed by atoms with Gasteiger partial charge in [-0.2, -0.15) is 0 Å². The predicted molar refractivity (Wildman–Crippen MR) is 68.6 cm³/mol. The first-order valence-corrected chi connectivity index (χ1v) is 6.07. The van der Waals surface area contributed by atoms with Crippen LogP contribution >= 0.6 is 15.9 Å². The highest BCUT2D eigenvalue weighted by Crippen LogP contribution is 2.39. The molecule has 1 aliphatic rings. The summed E-state index contributed by atoms with van der Waals surface area (Å²) in [7, 11) is 2.78. The third kappa shape index (κ3) is 1.59. The van der Waals surface area contributed by atoms with Gasteiger partial charge in [-0.05, 0) is 23.8 Å². The van der Waals surface area contributed by atoms with Crippen LogP contribution in [0, 0.1) is 0 Å². The number of ether oxygens (including phenoxy) is 1. The summed E-state index contributed by atoms with van der Waals surface area (Å²) in [5.41, 5.74) is -0.136. The van der Waals surface area contributed by atoms with E-state index >= 15 is 0 Å². The van der Waals surface area contributed by atoms with Gasteiger partial charge in [-0.1, -0.05) is 15.9 Å². The molecule has 0 saturated heterocycles. The summed E-state index contributed by atoms with van der Waals surface area (Å²) >= 11 is 3.33. The Morgan fingerprint density at radius 3 is 2.72 bits per heavy atom. The fraction of sp³-hybridized carbons (Fsp3) is 0.333. The second kappa shape index (κ2) is 4.28. The van der Waals surface area contributed by atoms with Crippen molar-refractivity contribution in [2.24, 2.45) is 0 Å². The van der Waals surface area contributed by atoms with Crippen molar-refractivity contribution in [2.75, 3.05) is 19.1 Å². The minimum atomic E-state index is -1.67. The number of hydrogen-bond donors (Lipinski definition) is 1. The summed E-state index contributed by atoms with van der Waals surface area (Å²) in [6.07, 6.45) is 0.0975. The van der Waals surface area contributed by atoms with Crippen LogP contribution in [-0.2, 0) is 20.7 Å². The molecule has 1 aromatic carbocycles. The number of rotatable bonds is 2. The molecule has 0 aromatic heterocycles. The largest absolute Gasteiger partial charge is 0.479 e. The van der Waals surface area contributed by atoms with Crippen LogP contribution in [-0.4, -0.2) is 36.7 Å². The van der Waals surface area contributed by atoms with Gasteiger partial charge in [0.05, 0.1) is 7.11 Å². The average molecular weight is 314 g/mol. The Morgan fingerprint density at radius 2 is 2.17 bits per heavy atom. The van der Waals surface area contributed by atoms with Crippen molar-refractivity contribution in [1.29, 1.82) is 0 Å². The predicted octanol–water partition coefficient (Wildman–Crippen LogP) is 1.44. The monoisotopic (exact) mass is 313 g/mol. The van der Waals surface area contributed by atoms with E-state index in [0.717, 1.165) is 15.7 Å². The number of carboxylic acid groups (broad SMARTS) is 1. The lowest BCUT2D eigenvalue weighted by atomic mass is 9.94. The molecular formula is C12H12BrNO4. The molecular weight excluding hydrogens is 302 g/mol. The number of nitrogens with zero attached hydrogens (tertiary/aromatic N) is 1. The van der Waals surface area contributed by atoms with Crippen molar-refractivity contribution < 1.29 is 19.4 Å². The molecule has 0 spiro atoms. The normalized spacial score (nSPS) is 21.6. The van der Waals surface area contributed by atoms with E-state index in [1.165, 1.54) is 12.0 Å². The fourth-order valence-electron chi connectivity index (χ4n) is 2.31. The second-order valence-corrected chi connectivity index (χ2v) is 5.08. The molecule has 2 rings (SSSR count). The van der Waals surface area contributed by atoms with Gasteiger partial charge in [0.25, 0.3) is 0 Å². The molecule has 0 radical (unpaired) electrons. The van der Waals surface area contributed by atoms with Crippen LogP contribution in [0.25, 0.3) is 0 Å². The van der Waals surface area contributed by atoms with Crippen molar-refractivity contribution in [3.8, 4) is 0 Å². The van der Waals surface area contributed by atoms with Crippen molar-refractivity contribution in [2.45, 2.75) is 12.0 Å². The van der Waals surface area contributed by atoms with E-state index in [0.29, 0.717) is 0 Å². The summed E-state index contributed by atoms with van der Waals surface area (Å²) < 4.78 is 5.51. The van der Waals surface area contributed by atoms with Gasteiger partial charge in [-0.25, -0.2) is 9.59 Å². The first-order chi connectivity index (χ1) is 8.43. The molecule has 0 bridgehead atoms. The zero-order valence-electron chi connectivity index (χ0n) is 9.94. The lowest BCUT2D eigenvalue weighted by molar-refractivity contribution is -0.158. The van der Waals surface area contributed by atoms with Crippen LogP contribution in [0.1, 0.15) is 5.56 Å². The molecule has 5 nitrogen and oxygen atoms in total. The third-order valence-electron chi connectivity index (χ3n) is 3.30. The van der Waals surface area contributed by atoms with Gasteiger partial charge in [-0.3, -0.25) is 0 Å². The smallest absolute Gasteiger partial charge is 0.343 e. The molecule has 1 atom stereocenters. The molecule has 1 N–H and O–H groups in total. The van der Waals surface area contributed by atoms with Crippen LogP contribution in [0.2, 0.25) is 0 Å². The number of benzene rings is 1. The van der Waals surface area contributed by atoms with Crippen LogP contribution in [0.3, 0.4) is 0 Å². The Morgan fingerprint density at radius 1 is 1.50 bits per heavy atom.